The van der Waals surface area contributed by atoms with E-state index >= 15 is 0 Å². The van der Waals surface area contributed by atoms with Crippen LogP contribution in [0, 0.1) is 0 Å². The Morgan fingerprint density at radius 1 is 1.60 bits per heavy atom. The number of hydrogen-bond acceptors (Lipinski definition) is 5. The predicted molar refractivity (Wildman–Crippen MR) is 55.4 cm³/mol. The highest BCUT2D eigenvalue weighted by atomic mass is 16.6. The molecule has 1 fully saturated rings. The quantitative estimate of drug-likeness (QED) is 0.475. The average molecular weight is 213 g/mol. The molecule has 0 N–H and O–H groups in total. The van der Waals surface area contributed by atoms with E-state index in [1.165, 1.54) is 0 Å². The van der Waals surface area contributed by atoms with Crippen molar-refractivity contribution in [1.29, 1.82) is 0 Å². The highest BCUT2D eigenvalue weighted by Crippen LogP contribution is 2.13. The van der Waals surface area contributed by atoms with Crippen molar-refractivity contribution >= 4 is 19.4 Å². The molecule has 1 heterocycles. The number of rotatable bonds is 2. The number of likely N-dealkylation sites (N-methyl/N-ethyl adjacent to an activating group) is 1. The molecule has 5 nitrogen and oxygen atoms in total. The molecule has 1 atom stereocenters. The van der Waals surface area contributed by atoms with Gasteiger partial charge in [-0.3, -0.25) is 9.69 Å². The molecule has 0 aromatic carbocycles. The summed E-state index contributed by atoms with van der Waals surface area (Å²) in [7, 11) is 1.15. The molecule has 0 aliphatic carbocycles. The normalized spacial score (nSPS) is 24.7. The number of aldehydes is 1. The molecule has 0 aromatic rings. The first kappa shape index (κ1) is 12.2. The zero-order valence-corrected chi connectivity index (χ0v) is 9.30. The standard InChI is InChI=1S/C9H16BNO4/c1-7(2)10-14-6-8(5-12)11(3)4-9(13)15-10/h5,7-8H,4,6H2,1-3H3. The summed E-state index contributed by atoms with van der Waals surface area (Å²) in [6.07, 6.45) is 0.788. The molecule has 1 saturated heterocycles. The molecule has 1 unspecified atom stereocenters. The van der Waals surface area contributed by atoms with Crippen LogP contribution < -0.4 is 0 Å². The monoisotopic (exact) mass is 213 g/mol. The molecule has 0 amide bonds. The second-order valence-electron chi connectivity index (χ2n) is 4.05. The van der Waals surface area contributed by atoms with Crippen LogP contribution in [0.5, 0.6) is 0 Å². The molecule has 1 rings (SSSR count). The number of carbonyl (C=O) groups is 2. The third-order valence-electron chi connectivity index (χ3n) is 2.32. The smallest absolute Gasteiger partial charge is 0.508 e. The molecule has 0 saturated carbocycles. The van der Waals surface area contributed by atoms with Gasteiger partial charge in [0.2, 0.25) is 0 Å². The van der Waals surface area contributed by atoms with Gasteiger partial charge in [-0.05, 0) is 7.05 Å². The van der Waals surface area contributed by atoms with Gasteiger partial charge in [0, 0.05) is 5.82 Å². The van der Waals surface area contributed by atoms with Crippen LogP contribution in [0.4, 0.5) is 0 Å². The molecule has 0 aromatic heterocycles. The van der Waals surface area contributed by atoms with E-state index in [1.807, 2.05) is 13.8 Å². The fourth-order valence-electron chi connectivity index (χ4n) is 1.31. The topological polar surface area (TPSA) is 55.8 Å². The maximum absolute atomic E-state index is 11.4. The van der Waals surface area contributed by atoms with E-state index in [0.29, 0.717) is 0 Å². The van der Waals surface area contributed by atoms with Gasteiger partial charge in [-0.2, -0.15) is 0 Å². The van der Waals surface area contributed by atoms with E-state index in [2.05, 4.69) is 0 Å². The second-order valence-corrected chi connectivity index (χ2v) is 4.05. The third kappa shape index (κ3) is 3.32. The van der Waals surface area contributed by atoms with E-state index in [-0.39, 0.29) is 31.0 Å². The van der Waals surface area contributed by atoms with Crippen molar-refractivity contribution in [2.24, 2.45) is 0 Å². The lowest BCUT2D eigenvalue weighted by Gasteiger charge is -2.28. The summed E-state index contributed by atoms with van der Waals surface area (Å²) in [6.45, 7) is 4.19. The van der Waals surface area contributed by atoms with Crippen LogP contribution in [0.1, 0.15) is 13.8 Å². The summed E-state index contributed by atoms with van der Waals surface area (Å²) in [5.41, 5.74) is 0. The van der Waals surface area contributed by atoms with Crippen molar-refractivity contribution < 1.29 is 18.9 Å². The Kier molecular flexibility index (Phi) is 4.29. The molecular weight excluding hydrogens is 197 g/mol. The Bertz CT molecular complexity index is 246. The Balaban J connectivity index is 2.66. The fourth-order valence-corrected chi connectivity index (χ4v) is 1.31. The fraction of sp³-hybridized carbons (Fsp3) is 0.778. The van der Waals surface area contributed by atoms with Crippen molar-refractivity contribution in [2.45, 2.75) is 25.7 Å². The van der Waals surface area contributed by atoms with Crippen LogP contribution in [0.25, 0.3) is 0 Å². The summed E-state index contributed by atoms with van der Waals surface area (Å²) in [5.74, 6) is -0.271. The van der Waals surface area contributed by atoms with Crippen LogP contribution in [-0.2, 0) is 18.9 Å². The lowest BCUT2D eigenvalue weighted by Crippen LogP contribution is -2.47. The summed E-state index contributed by atoms with van der Waals surface area (Å²) in [4.78, 5) is 23.7. The minimum Gasteiger partial charge on any atom is -0.508 e. The summed E-state index contributed by atoms with van der Waals surface area (Å²) < 4.78 is 10.5. The molecule has 15 heavy (non-hydrogen) atoms. The Hall–Kier alpha value is -0.875. The maximum atomic E-state index is 11.4. The minimum absolute atomic E-state index is 0.0876. The Morgan fingerprint density at radius 3 is 2.80 bits per heavy atom. The van der Waals surface area contributed by atoms with Crippen molar-refractivity contribution in [2.75, 3.05) is 20.2 Å². The first-order chi connectivity index (χ1) is 7.04. The maximum Gasteiger partial charge on any atom is 0.530 e. The predicted octanol–water partition coefficient (Wildman–Crippen LogP) is -0.0427. The van der Waals surface area contributed by atoms with E-state index in [1.54, 1.807) is 11.9 Å². The van der Waals surface area contributed by atoms with Gasteiger partial charge in [-0.1, -0.05) is 13.8 Å². The van der Waals surface area contributed by atoms with E-state index in [0.717, 1.165) is 6.29 Å². The van der Waals surface area contributed by atoms with Gasteiger partial charge in [-0.25, -0.2) is 0 Å². The van der Waals surface area contributed by atoms with E-state index in [4.69, 9.17) is 9.31 Å². The molecule has 0 radical (unpaired) electrons. The SMILES string of the molecule is CC(C)B1OCC(C=O)N(C)CC(=O)O1. The van der Waals surface area contributed by atoms with Gasteiger partial charge in [0.1, 0.15) is 6.29 Å². The summed E-state index contributed by atoms with van der Waals surface area (Å²) in [5, 5.41) is 0. The van der Waals surface area contributed by atoms with Gasteiger partial charge in [0.05, 0.1) is 19.2 Å². The molecular formula is C9H16BNO4. The van der Waals surface area contributed by atoms with Gasteiger partial charge in [0.15, 0.2) is 0 Å². The van der Waals surface area contributed by atoms with Gasteiger partial charge >= 0.3 is 13.1 Å². The minimum atomic E-state index is -0.548. The molecule has 0 spiro atoms. The van der Waals surface area contributed by atoms with E-state index in [9.17, 15) is 9.59 Å². The molecule has 1 aliphatic heterocycles. The van der Waals surface area contributed by atoms with Crippen LogP contribution >= 0.6 is 0 Å². The largest absolute Gasteiger partial charge is 0.530 e. The van der Waals surface area contributed by atoms with Crippen molar-refractivity contribution in [1.82, 2.24) is 4.90 Å². The number of hydrogen-bond donors (Lipinski definition) is 0. The number of nitrogens with zero attached hydrogens (tertiary/aromatic N) is 1. The van der Waals surface area contributed by atoms with Crippen LogP contribution in [-0.4, -0.2) is 50.5 Å². The van der Waals surface area contributed by atoms with Crippen LogP contribution in [0.2, 0.25) is 5.82 Å². The van der Waals surface area contributed by atoms with Crippen molar-refractivity contribution in [3.63, 3.8) is 0 Å². The van der Waals surface area contributed by atoms with Gasteiger partial charge in [0.25, 0.3) is 0 Å². The Morgan fingerprint density at radius 2 is 2.27 bits per heavy atom. The highest BCUT2D eigenvalue weighted by molar-refractivity contribution is 6.48. The van der Waals surface area contributed by atoms with Crippen LogP contribution in [0.3, 0.4) is 0 Å². The van der Waals surface area contributed by atoms with Gasteiger partial charge < -0.3 is 14.1 Å². The molecule has 0 bridgehead atoms. The summed E-state index contributed by atoms with van der Waals surface area (Å²) >= 11 is 0. The first-order valence-electron chi connectivity index (χ1n) is 5.01. The molecule has 84 valence electrons. The second kappa shape index (κ2) is 5.28. The van der Waals surface area contributed by atoms with Gasteiger partial charge in [-0.15, -0.1) is 0 Å². The van der Waals surface area contributed by atoms with Crippen LogP contribution in [0.15, 0.2) is 0 Å². The zero-order chi connectivity index (χ0) is 11.4. The molecule has 1 aliphatic rings. The number of carbonyl (C=O) groups excluding carboxylic acids is 2. The Labute approximate surface area is 89.9 Å². The zero-order valence-electron chi connectivity index (χ0n) is 9.30. The lowest BCUT2D eigenvalue weighted by atomic mass is 9.74. The summed E-state index contributed by atoms with van der Waals surface area (Å²) in [6, 6.07) is -0.376. The average Bonchev–Trinajstić information content (AvgIpc) is 2.13. The lowest BCUT2D eigenvalue weighted by molar-refractivity contribution is -0.139. The van der Waals surface area contributed by atoms with Crippen molar-refractivity contribution in [3.05, 3.63) is 0 Å². The highest BCUT2D eigenvalue weighted by Gasteiger charge is 2.32. The first-order valence-corrected chi connectivity index (χ1v) is 5.01. The molecule has 6 heteroatoms. The van der Waals surface area contributed by atoms with E-state index < -0.39 is 7.12 Å². The van der Waals surface area contributed by atoms with Crippen molar-refractivity contribution in [3.8, 4) is 0 Å². The third-order valence-corrected chi connectivity index (χ3v) is 2.32.